The molecule has 1 aliphatic carbocycles. The molecule has 4 heteroatoms. The zero-order valence-corrected chi connectivity index (χ0v) is 10.9. The third-order valence-corrected chi connectivity index (χ3v) is 3.98. The summed E-state index contributed by atoms with van der Waals surface area (Å²) in [5, 5.41) is 4.12. The molecule has 0 bridgehead atoms. The van der Waals surface area contributed by atoms with Gasteiger partial charge in [-0.05, 0) is 37.8 Å². The largest absolute Gasteiger partial charge is 0.351 e. The molecule has 1 aromatic carbocycles. The van der Waals surface area contributed by atoms with Crippen molar-refractivity contribution in [1.82, 2.24) is 5.32 Å². The van der Waals surface area contributed by atoms with E-state index in [9.17, 15) is 0 Å². The molecule has 0 saturated heterocycles. The van der Waals surface area contributed by atoms with Crippen molar-refractivity contribution in [1.29, 1.82) is 0 Å². The normalized spacial score (nSPS) is 21.7. The van der Waals surface area contributed by atoms with Gasteiger partial charge in [0, 0.05) is 10.6 Å². The molecule has 1 aromatic rings. The van der Waals surface area contributed by atoms with Gasteiger partial charge >= 0.3 is 0 Å². The molecule has 1 fully saturated rings. The third kappa shape index (κ3) is 1.98. The second kappa shape index (κ2) is 4.07. The van der Waals surface area contributed by atoms with Crippen molar-refractivity contribution in [3.05, 3.63) is 34.9 Å². The van der Waals surface area contributed by atoms with Gasteiger partial charge in [0.05, 0.1) is 0 Å². The summed E-state index contributed by atoms with van der Waals surface area (Å²) in [4.78, 5) is 5.59. The fourth-order valence-corrected chi connectivity index (χ4v) is 3.04. The van der Waals surface area contributed by atoms with Gasteiger partial charge in [-0.25, -0.2) is 0 Å². The summed E-state index contributed by atoms with van der Waals surface area (Å²) in [6.07, 6.45) is 4.63. The Bertz CT molecular complexity index is 487. The fraction of sp³-hybridized carbons (Fsp3) is 0.385. The van der Waals surface area contributed by atoms with Gasteiger partial charge in [-0.15, -0.1) is 0 Å². The molecule has 1 heterocycles. The number of benzene rings is 1. The van der Waals surface area contributed by atoms with Crippen molar-refractivity contribution in [2.75, 3.05) is 0 Å². The van der Waals surface area contributed by atoms with Crippen LogP contribution in [0.3, 0.4) is 0 Å². The molecule has 1 aliphatic heterocycles. The minimum atomic E-state index is -0.105. The number of rotatable bonds is 1. The van der Waals surface area contributed by atoms with E-state index in [4.69, 9.17) is 28.8 Å². The van der Waals surface area contributed by atoms with E-state index in [1.54, 1.807) is 0 Å². The zero-order valence-electron chi connectivity index (χ0n) is 9.37. The van der Waals surface area contributed by atoms with E-state index in [0.717, 1.165) is 34.1 Å². The maximum Gasteiger partial charge on any atom is 0.131 e. The van der Waals surface area contributed by atoms with E-state index in [-0.39, 0.29) is 5.66 Å². The molecule has 0 unspecified atom stereocenters. The van der Waals surface area contributed by atoms with Gasteiger partial charge in [0.15, 0.2) is 0 Å². The molecule has 0 amide bonds. The summed E-state index contributed by atoms with van der Waals surface area (Å²) in [6, 6.07) is 7.70. The summed E-state index contributed by atoms with van der Waals surface area (Å²) >= 11 is 11.3. The van der Waals surface area contributed by atoms with Crippen LogP contribution in [0.25, 0.3) is 0 Å². The van der Waals surface area contributed by atoms with Gasteiger partial charge in [0.2, 0.25) is 0 Å². The third-order valence-electron chi connectivity index (χ3n) is 3.44. The number of halogens is 1. The minimum absolute atomic E-state index is 0.105. The summed E-state index contributed by atoms with van der Waals surface area (Å²) in [7, 11) is 0. The Balaban J connectivity index is 1.97. The molecule has 3 rings (SSSR count). The molecule has 1 N–H and O–H groups in total. The van der Waals surface area contributed by atoms with Crippen LogP contribution in [0.15, 0.2) is 29.3 Å². The highest BCUT2D eigenvalue weighted by Crippen LogP contribution is 2.34. The summed E-state index contributed by atoms with van der Waals surface area (Å²) < 4.78 is 0. The predicted octanol–water partition coefficient (Wildman–Crippen LogP) is 3.33. The first-order valence-electron chi connectivity index (χ1n) is 5.87. The van der Waals surface area contributed by atoms with E-state index in [0.29, 0.717) is 0 Å². The maximum absolute atomic E-state index is 5.89. The quantitative estimate of drug-likeness (QED) is 0.787. The Morgan fingerprint density at radius 2 is 1.82 bits per heavy atom. The second-order valence-electron chi connectivity index (χ2n) is 4.66. The lowest BCUT2D eigenvalue weighted by Crippen LogP contribution is -2.39. The molecule has 0 aromatic heterocycles. The van der Waals surface area contributed by atoms with Gasteiger partial charge < -0.3 is 5.32 Å². The zero-order chi connectivity index (χ0) is 11.9. The van der Waals surface area contributed by atoms with Crippen molar-refractivity contribution in [2.24, 2.45) is 4.99 Å². The van der Waals surface area contributed by atoms with Crippen molar-refractivity contribution in [2.45, 2.75) is 31.3 Å². The topological polar surface area (TPSA) is 24.4 Å². The van der Waals surface area contributed by atoms with Crippen molar-refractivity contribution >= 4 is 34.5 Å². The Morgan fingerprint density at radius 1 is 1.18 bits per heavy atom. The van der Waals surface area contributed by atoms with Gasteiger partial charge in [0.1, 0.15) is 16.4 Å². The van der Waals surface area contributed by atoms with Gasteiger partial charge in [-0.2, -0.15) is 0 Å². The van der Waals surface area contributed by atoms with E-state index in [2.05, 4.69) is 5.32 Å². The molecular formula is C13H13ClN2S. The number of nitrogens with zero attached hydrogens (tertiary/aromatic N) is 1. The van der Waals surface area contributed by atoms with E-state index >= 15 is 0 Å². The van der Waals surface area contributed by atoms with Gasteiger partial charge in [0.25, 0.3) is 0 Å². The molecule has 0 atom stereocenters. The smallest absolute Gasteiger partial charge is 0.131 e. The highest BCUT2D eigenvalue weighted by Gasteiger charge is 2.39. The standard InChI is InChI=1S/C13H13ClN2S/c14-10-5-3-9(4-6-10)11-12(17)16-13(15-11)7-1-2-8-13/h3-6H,1-2,7-8H2,(H,16,17). The van der Waals surface area contributed by atoms with Crippen LogP contribution < -0.4 is 5.32 Å². The van der Waals surface area contributed by atoms with E-state index in [1.807, 2.05) is 24.3 Å². The number of hydrogen-bond acceptors (Lipinski definition) is 2. The van der Waals surface area contributed by atoms with Crippen LogP contribution in [0.5, 0.6) is 0 Å². The SMILES string of the molecule is S=C1NC2(CCCC2)N=C1c1ccc(Cl)cc1. The minimum Gasteiger partial charge on any atom is -0.351 e. The molecule has 2 aliphatic rings. The summed E-state index contributed by atoms with van der Waals surface area (Å²) in [6.45, 7) is 0. The van der Waals surface area contributed by atoms with E-state index in [1.165, 1.54) is 12.8 Å². The lowest BCUT2D eigenvalue weighted by Gasteiger charge is -2.19. The maximum atomic E-state index is 5.89. The van der Waals surface area contributed by atoms with Crippen LogP contribution in [0.2, 0.25) is 5.02 Å². The molecular weight excluding hydrogens is 252 g/mol. The number of nitrogens with one attached hydrogen (secondary N) is 1. The van der Waals surface area contributed by atoms with Gasteiger partial charge in [-0.1, -0.05) is 36.0 Å². The monoisotopic (exact) mass is 264 g/mol. The average Bonchev–Trinajstić information content (AvgIpc) is 2.88. The Labute approximate surface area is 111 Å². The number of hydrogen-bond donors (Lipinski definition) is 1. The van der Waals surface area contributed by atoms with Crippen LogP contribution in [0, 0.1) is 0 Å². The Kier molecular flexibility index (Phi) is 2.68. The average molecular weight is 265 g/mol. The highest BCUT2D eigenvalue weighted by atomic mass is 35.5. The number of thiocarbonyl (C=S) groups is 1. The molecule has 1 saturated carbocycles. The van der Waals surface area contributed by atoms with Crippen molar-refractivity contribution in [3.63, 3.8) is 0 Å². The van der Waals surface area contributed by atoms with Crippen molar-refractivity contribution < 1.29 is 0 Å². The van der Waals surface area contributed by atoms with Crippen LogP contribution >= 0.6 is 23.8 Å². The lowest BCUT2D eigenvalue weighted by molar-refractivity contribution is 0.426. The number of aliphatic imine (C=N–C) groups is 1. The first-order valence-corrected chi connectivity index (χ1v) is 6.66. The van der Waals surface area contributed by atoms with Crippen LogP contribution in [0.4, 0.5) is 0 Å². The summed E-state index contributed by atoms with van der Waals surface area (Å²) in [5.41, 5.74) is 1.86. The summed E-state index contributed by atoms with van der Waals surface area (Å²) in [5.74, 6) is 0. The predicted molar refractivity (Wildman–Crippen MR) is 74.9 cm³/mol. The Morgan fingerprint density at radius 3 is 2.47 bits per heavy atom. The van der Waals surface area contributed by atoms with Crippen LogP contribution in [-0.2, 0) is 0 Å². The second-order valence-corrected chi connectivity index (χ2v) is 5.50. The van der Waals surface area contributed by atoms with Crippen molar-refractivity contribution in [3.8, 4) is 0 Å². The molecule has 17 heavy (non-hydrogen) atoms. The fourth-order valence-electron chi connectivity index (χ4n) is 2.56. The van der Waals surface area contributed by atoms with E-state index < -0.39 is 0 Å². The Hall–Kier alpha value is -0.930. The van der Waals surface area contributed by atoms with Gasteiger partial charge in [-0.3, -0.25) is 4.99 Å². The molecule has 1 spiro atoms. The molecule has 2 nitrogen and oxygen atoms in total. The first kappa shape index (κ1) is 11.2. The van der Waals surface area contributed by atoms with Crippen LogP contribution in [0.1, 0.15) is 31.2 Å². The highest BCUT2D eigenvalue weighted by molar-refractivity contribution is 7.82. The molecule has 0 radical (unpaired) electrons. The first-order chi connectivity index (χ1) is 8.19. The lowest BCUT2D eigenvalue weighted by atomic mass is 10.1. The van der Waals surface area contributed by atoms with Crippen LogP contribution in [-0.4, -0.2) is 16.4 Å². The molecule has 88 valence electrons.